The number of cyclic esters (lactones) is 1. The van der Waals surface area contributed by atoms with Gasteiger partial charge in [0.25, 0.3) is 0 Å². The summed E-state index contributed by atoms with van der Waals surface area (Å²) in [5.74, 6) is -0.287. The standard InChI is InChI=1S/C6H9NO2/c1-6(2)4(7)3-5(8)9-6/h7H,3H2,1-2H3. The van der Waals surface area contributed by atoms with Gasteiger partial charge in [-0.25, -0.2) is 0 Å². The van der Waals surface area contributed by atoms with Crippen molar-refractivity contribution in [3.63, 3.8) is 0 Å². The number of nitrogens with one attached hydrogen (secondary N) is 1. The summed E-state index contributed by atoms with van der Waals surface area (Å²) in [7, 11) is 0. The maximum absolute atomic E-state index is 10.5. The Bertz CT molecular complexity index is 172. The third-order valence-corrected chi connectivity index (χ3v) is 1.42. The van der Waals surface area contributed by atoms with E-state index >= 15 is 0 Å². The molecule has 1 aliphatic heterocycles. The quantitative estimate of drug-likeness (QED) is 0.488. The predicted molar refractivity (Wildman–Crippen MR) is 32.5 cm³/mol. The highest BCUT2D eigenvalue weighted by atomic mass is 16.6. The van der Waals surface area contributed by atoms with Gasteiger partial charge in [-0.3, -0.25) is 4.79 Å². The molecule has 3 nitrogen and oxygen atoms in total. The zero-order chi connectivity index (χ0) is 7.07. The van der Waals surface area contributed by atoms with Gasteiger partial charge in [-0.15, -0.1) is 0 Å². The van der Waals surface area contributed by atoms with Crippen LogP contribution in [0.25, 0.3) is 0 Å². The van der Waals surface area contributed by atoms with Crippen LogP contribution >= 0.6 is 0 Å². The number of hydrogen-bond acceptors (Lipinski definition) is 3. The molecule has 3 heteroatoms. The van der Waals surface area contributed by atoms with Crippen molar-refractivity contribution in [3.8, 4) is 0 Å². The Morgan fingerprint density at radius 2 is 2.22 bits per heavy atom. The first-order valence-electron chi connectivity index (χ1n) is 2.82. The first-order valence-corrected chi connectivity index (χ1v) is 2.82. The molecule has 0 aromatic carbocycles. The summed E-state index contributed by atoms with van der Waals surface area (Å²) >= 11 is 0. The van der Waals surface area contributed by atoms with Crippen molar-refractivity contribution in [3.05, 3.63) is 0 Å². The average molecular weight is 127 g/mol. The van der Waals surface area contributed by atoms with E-state index in [1.165, 1.54) is 0 Å². The maximum atomic E-state index is 10.5. The molecule has 0 aromatic heterocycles. The summed E-state index contributed by atoms with van der Waals surface area (Å²) in [6.07, 6.45) is 0.160. The zero-order valence-electron chi connectivity index (χ0n) is 5.52. The van der Waals surface area contributed by atoms with Gasteiger partial charge >= 0.3 is 5.97 Å². The largest absolute Gasteiger partial charge is 0.453 e. The van der Waals surface area contributed by atoms with Crippen molar-refractivity contribution < 1.29 is 9.53 Å². The fourth-order valence-electron chi connectivity index (χ4n) is 0.739. The highest BCUT2D eigenvalue weighted by molar-refractivity contribution is 6.07. The smallest absolute Gasteiger partial charge is 0.312 e. The van der Waals surface area contributed by atoms with Gasteiger partial charge in [0, 0.05) is 0 Å². The molecule has 0 unspecified atom stereocenters. The minimum absolute atomic E-state index is 0.160. The topological polar surface area (TPSA) is 50.2 Å². The lowest BCUT2D eigenvalue weighted by Crippen LogP contribution is -2.26. The van der Waals surface area contributed by atoms with Crippen LogP contribution in [-0.4, -0.2) is 17.3 Å². The molecule has 9 heavy (non-hydrogen) atoms. The fourth-order valence-corrected chi connectivity index (χ4v) is 0.739. The van der Waals surface area contributed by atoms with Crippen molar-refractivity contribution in [2.75, 3.05) is 0 Å². The number of esters is 1. The second kappa shape index (κ2) is 1.56. The monoisotopic (exact) mass is 127 g/mol. The van der Waals surface area contributed by atoms with E-state index in [9.17, 15) is 4.79 Å². The molecule has 1 saturated heterocycles. The van der Waals surface area contributed by atoms with Crippen molar-refractivity contribution >= 4 is 11.7 Å². The summed E-state index contributed by atoms with van der Waals surface area (Å²) in [5.41, 5.74) is -0.274. The van der Waals surface area contributed by atoms with E-state index < -0.39 is 5.60 Å². The Hall–Kier alpha value is -0.860. The maximum Gasteiger partial charge on any atom is 0.312 e. The van der Waals surface area contributed by atoms with Crippen LogP contribution in [-0.2, 0) is 9.53 Å². The molecule has 0 saturated carbocycles. The van der Waals surface area contributed by atoms with Gasteiger partial charge in [0.2, 0.25) is 0 Å². The van der Waals surface area contributed by atoms with Crippen LogP contribution in [0.15, 0.2) is 0 Å². The van der Waals surface area contributed by atoms with Gasteiger partial charge in [-0.2, -0.15) is 0 Å². The third kappa shape index (κ3) is 0.943. The zero-order valence-corrected chi connectivity index (χ0v) is 5.52. The number of carbonyl (C=O) groups is 1. The van der Waals surface area contributed by atoms with Crippen molar-refractivity contribution in [2.24, 2.45) is 0 Å². The molecular formula is C6H9NO2. The molecule has 1 heterocycles. The molecule has 0 bridgehead atoms. The second-order valence-corrected chi connectivity index (χ2v) is 2.64. The van der Waals surface area contributed by atoms with Crippen LogP contribution in [0.1, 0.15) is 20.3 Å². The first-order chi connectivity index (χ1) is 4.02. The average Bonchev–Trinajstić information content (AvgIpc) is 1.79. The molecule has 1 fully saturated rings. The predicted octanol–water partition coefficient (Wildman–Crippen LogP) is 0.732. The third-order valence-electron chi connectivity index (χ3n) is 1.42. The molecule has 0 aliphatic carbocycles. The molecule has 1 aliphatic rings. The molecule has 0 spiro atoms. The Morgan fingerprint density at radius 3 is 2.33 bits per heavy atom. The Morgan fingerprint density at radius 1 is 1.67 bits per heavy atom. The summed E-state index contributed by atoms with van der Waals surface area (Å²) in [6.45, 7) is 3.44. The van der Waals surface area contributed by atoms with Crippen LogP contribution in [0.4, 0.5) is 0 Å². The van der Waals surface area contributed by atoms with Crippen LogP contribution < -0.4 is 0 Å². The normalized spacial score (nSPS) is 24.2. The minimum Gasteiger partial charge on any atom is -0.453 e. The second-order valence-electron chi connectivity index (χ2n) is 2.64. The van der Waals surface area contributed by atoms with Gasteiger partial charge in [0.05, 0.1) is 12.1 Å². The van der Waals surface area contributed by atoms with Gasteiger partial charge in [0.15, 0.2) is 0 Å². The summed E-state index contributed by atoms with van der Waals surface area (Å²) in [6, 6.07) is 0. The van der Waals surface area contributed by atoms with Crippen LogP contribution in [0, 0.1) is 5.41 Å². The van der Waals surface area contributed by atoms with E-state index in [4.69, 9.17) is 10.1 Å². The molecule has 0 radical (unpaired) electrons. The van der Waals surface area contributed by atoms with E-state index in [-0.39, 0.29) is 12.4 Å². The van der Waals surface area contributed by atoms with Gasteiger partial charge in [0.1, 0.15) is 5.60 Å². The fraction of sp³-hybridized carbons (Fsp3) is 0.667. The molecule has 1 N–H and O–H groups in total. The molecule has 0 amide bonds. The molecule has 1 rings (SSSR count). The van der Waals surface area contributed by atoms with E-state index in [0.717, 1.165) is 0 Å². The summed E-state index contributed by atoms with van der Waals surface area (Å²) < 4.78 is 4.80. The van der Waals surface area contributed by atoms with Gasteiger partial charge in [-0.05, 0) is 13.8 Å². The lowest BCUT2D eigenvalue weighted by Gasteiger charge is -2.14. The summed E-state index contributed by atoms with van der Waals surface area (Å²) in [4.78, 5) is 10.5. The van der Waals surface area contributed by atoms with E-state index in [1.807, 2.05) is 0 Å². The minimum atomic E-state index is -0.642. The van der Waals surface area contributed by atoms with Gasteiger partial charge < -0.3 is 10.1 Å². The van der Waals surface area contributed by atoms with Crippen molar-refractivity contribution in [1.29, 1.82) is 5.41 Å². The highest BCUT2D eigenvalue weighted by Crippen LogP contribution is 2.21. The molecule has 50 valence electrons. The summed E-state index contributed by atoms with van der Waals surface area (Å²) in [5, 5.41) is 7.24. The number of rotatable bonds is 0. The molecule has 0 atom stereocenters. The van der Waals surface area contributed by atoms with Crippen molar-refractivity contribution in [1.82, 2.24) is 0 Å². The number of hydrogen-bond donors (Lipinski definition) is 1. The molecular weight excluding hydrogens is 118 g/mol. The van der Waals surface area contributed by atoms with Crippen LogP contribution in [0.2, 0.25) is 0 Å². The van der Waals surface area contributed by atoms with E-state index in [1.54, 1.807) is 13.8 Å². The van der Waals surface area contributed by atoms with E-state index in [2.05, 4.69) is 0 Å². The van der Waals surface area contributed by atoms with Crippen LogP contribution in [0.5, 0.6) is 0 Å². The Balaban J connectivity index is 2.81. The first kappa shape index (κ1) is 6.26. The van der Waals surface area contributed by atoms with Crippen LogP contribution in [0.3, 0.4) is 0 Å². The molecule has 0 aromatic rings. The highest BCUT2D eigenvalue weighted by Gasteiger charge is 2.36. The Kier molecular flexibility index (Phi) is 1.08. The number of ether oxygens (including phenoxy) is 1. The lowest BCUT2D eigenvalue weighted by molar-refractivity contribution is -0.145. The number of carbonyl (C=O) groups excluding carboxylic acids is 1. The van der Waals surface area contributed by atoms with Crippen molar-refractivity contribution in [2.45, 2.75) is 25.9 Å². The SMILES string of the molecule is CC1(C)OC(=O)CC1=N. The Labute approximate surface area is 53.5 Å². The van der Waals surface area contributed by atoms with E-state index in [0.29, 0.717) is 5.71 Å². The van der Waals surface area contributed by atoms with Gasteiger partial charge in [-0.1, -0.05) is 0 Å². The lowest BCUT2D eigenvalue weighted by atomic mass is 10.0.